The largest absolute Gasteiger partial charge is 0.508 e. The lowest BCUT2D eigenvalue weighted by atomic mass is 9.92. The maximum Gasteiger partial charge on any atom is 0.123 e. The Kier molecular flexibility index (Phi) is 3.05. The van der Waals surface area contributed by atoms with Crippen LogP contribution >= 0.6 is 0 Å². The van der Waals surface area contributed by atoms with Gasteiger partial charge in [-0.3, -0.25) is 0 Å². The molecule has 0 saturated heterocycles. The van der Waals surface area contributed by atoms with Crippen molar-refractivity contribution >= 4 is 0 Å². The molecule has 2 aromatic rings. The quantitative estimate of drug-likeness (QED) is 0.825. The SMILES string of the molecule is Cc1ccc(C(C)c2ccc(O)cc2O)cc1. The highest BCUT2D eigenvalue weighted by Crippen LogP contribution is 2.33. The third kappa shape index (κ3) is 2.41. The van der Waals surface area contributed by atoms with E-state index in [1.54, 1.807) is 12.1 Å². The van der Waals surface area contributed by atoms with Crippen LogP contribution in [-0.2, 0) is 0 Å². The monoisotopic (exact) mass is 228 g/mol. The fourth-order valence-electron chi connectivity index (χ4n) is 1.93. The molecule has 0 aliphatic rings. The van der Waals surface area contributed by atoms with Gasteiger partial charge in [-0.15, -0.1) is 0 Å². The van der Waals surface area contributed by atoms with Crippen LogP contribution in [0, 0.1) is 6.92 Å². The van der Waals surface area contributed by atoms with Gasteiger partial charge in [-0.25, -0.2) is 0 Å². The molecule has 0 radical (unpaired) electrons. The van der Waals surface area contributed by atoms with E-state index in [0.717, 1.165) is 11.1 Å². The van der Waals surface area contributed by atoms with E-state index in [1.165, 1.54) is 11.6 Å². The summed E-state index contributed by atoms with van der Waals surface area (Å²) in [5, 5.41) is 19.1. The third-order valence-electron chi connectivity index (χ3n) is 3.06. The number of hydrogen-bond acceptors (Lipinski definition) is 2. The first kappa shape index (κ1) is 11.5. The highest BCUT2D eigenvalue weighted by atomic mass is 16.3. The van der Waals surface area contributed by atoms with Crippen LogP contribution in [-0.4, -0.2) is 10.2 Å². The summed E-state index contributed by atoms with van der Waals surface area (Å²) in [6.07, 6.45) is 0. The van der Waals surface area contributed by atoms with E-state index in [1.807, 2.05) is 13.8 Å². The number of phenols is 2. The fraction of sp³-hybridized carbons (Fsp3) is 0.200. The molecular formula is C15H16O2. The minimum Gasteiger partial charge on any atom is -0.508 e. The van der Waals surface area contributed by atoms with Crippen molar-refractivity contribution < 1.29 is 10.2 Å². The van der Waals surface area contributed by atoms with Gasteiger partial charge in [0.05, 0.1) is 0 Å². The molecule has 0 bridgehead atoms. The van der Waals surface area contributed by atoms with Gasteiger partial charge in [0.25, 0.3) is 0 Å². The van der Waals surface area contributed by atoms with E-state index >= 15 is 0 Å². The summed E-state index contributed by atoms with van der Waals surface area (Å²) in [5.74, 6) is 0.330. The smallest absolute Gasteiger partial charge is 0.123 e. The lowest BCUT2D eigenvalue weighted by molar-refractivity contribution is 0.444. The Morgan fingerprint density at radius 2 is 1.59 bits per heavy atom. The molecular weight excluding hydrogens is 212 g/mol. The van der Waals surface area contributed by atoms with E-state index in [9.17, 15) is 10.2 Å². The molecule has 17 heavy (non-hydrogen) atoms. The lowest BCUT2D eigenvalue weighted by Crippen LogP contribution is -1.96. The first-order chi connectivity index (χ1) is 8.08. The van der Waals surface area contributed by atoms with Gasteiger partial charge < -0.3 is 10.2 Å². The van der Waals surface area contributed by atoms with Gasteiger partial charge in [-0.1, -0.05) is 42.8 Å². The first-order valence-electron chi connectivity index (χ1n) is 5.66. The van der Waals surface area contributed by atoms with Gasteiger partial charge in [0, 0.05) is 17.5 Å². The van der Waals surface area contributed by atoms with Crippen LogP contribution in [0.4, 0.5) is 0 Å². The second-order valence-electron chi connectivity index (χ2n) is 4.38. The number of aryl methyl sites for hydroxylation is 1. The Morgan fingerprint density at radius 3 is 2.18 bits per heavy atom. The number of hydrogen-bond donors (Lipinski definition) is 2. The molecule has 2 N–H and O–H groups in total. The van der Waals surface area contributed by atoms with Crippen LogP contribution in [0.15, 0.2) is 42.5 Å². The van der Waals surface area contributed by atoms with Crippen LogP contribution in [0.1, 0.15) is 29.5 Å². The van der Waals surface area contributed by atoms with Crippen molar-refractivity contribution in [1.82, 2.24) is 0 Å². The van der Waals surface area contributed by atoms with Crippen LogP contribution in [0.25, 0.3) is 0 Å². The summed E-state index contributed by atoms with van der Waals surface area (Å²) in [4.78, 5) is 0. The van der Waals surface area contributed by atoms with Crippen molar-refractivity contribution in [3.8, 4) is 11.5 Å². The zero-order chi connectivity index (χ0) is 12.4. The maximum absolute atomic E-state index is 9.82. The van der Waals surface area contributed by atoms with Crippen molar-refractivity contribution in [2.75, 3.05) is 0 Å². The van der Waals surface area contributed by atoms with E-state index in [2.05, 4.69) is 24.3 Å². The van der Waals surface area contributed by atoms with Crippen LogP contribution in [0.3, 0.4) is 0 Å². The Bertz CT molecular complexity index is 515. The van der Waals surface area contributed by atoms with Crippen molar-refractivity contribution in [2.24, 2.45) is 0 Å². The molecule has 2 aromatic carbocycles. The molecule has 0 spiro atoms. The predicted octanol–water partition coefficient (Wildman–Crippen LogP) is 3.56. The molecule has 2 nitrogen and oxygen atoms in total. The van der Waals surface area contributed by atoms with Gasteiger partial charge in [0.1, 0.15) is 11.5 Å². The summed E-state index contributed by atoms with van der Waals surface area (Å²) in [6.45, 7) is 4.09. The Labute approximate surface area is 101 Å². The van der Waals surface area contributed by atoms with Crippen molar-refractivity contribution in [1.29, 1.82) is 0 Å². The normalized spacial score (nSPS) is 12.4. The molecule has 2 heteroatoms. The highest BCUT2D eigenvalue weighted by Gasteiger charge is 2.12. The number of benzene rings is 2. The van der Waals surface area contributed by atoms with Gasteiger partial charge >= 0.3 is 0 Å². The number of rotatable bonds is 2. The van der Waals surface area contributed by atoms with E-state index in [4.69, 9.17) is 0 Å². The Hall–Kier alpha value is -1.96. The summed E-state index contributed by atoms with van der Waals surface area (Å²) < 4.78 is 0. The van der Waals surface area contributed by atoms with Crippen molar-refractivity contribution in [2.45, 2.75) is 19.8 Å². The summed E-state index contributed by atoms with van der Waals surface area (Å²) in [5.41, 5.74) is 3.19. The lowest BCUT2D eigenvalue weighted by Gasteiger charge is -2.14. The van der Waals surface area contributed by atoms with E-state index in [0.29, 0.717) is 0 Å². The topological polar surface area (TPSA) is 40.5 Å². The highest BCUT2D eigenvalue weighted by molar-refractivity contribution is 5.44. The molecule has 1 unspecified atom stereocenters. The third-order valence-corrected chi connectivity index (χ3v) is 3.06. The zero-order valence-corrected chi connectivity index (χ0v) is 10.0. The molecule has 0 heterocycles. The second kappa shape index (κ2) is 4.50. The summed E-state index contributed by atoms with van der Waals surface area (Å²) in [7, 11) is 0. The molecule has 1 atom stereocenters. The molecule has 88 valence electrons. The van der Waals surface area contributed by atoms with E-state index in [-0.39, 0.29) is 17.4 Å². The number of phenolic OH excluding ortho intramolecular Hbond substituents is 2. The molecule has 2 rings (SSSR count). The van der Waals surface area contributed by atoms with Crippen LogP contribution in [0.2, 0.25) is 0 Å². The standard InChI is InChI=1S/C15H16O2/c1-10-3-5-12(6-4-10)11(2)14-8-7-13(16)9-15(14)17/h3-9,11,16-17H,1-2H3. The van der Waals surface area contributed by atoms with E-state index < -0.39 is 0 Å². The Morgan fingerprint density at radius 1 is 0.941 bits per heavy atom. The van der Waals surface area contributed by atoms with Crippen molar-refractivity contribution in [3.63, 3.8) is 0 Å². The molecule has 0 aromatic heterocycles. The van der Waals surface area contributed by atoms with Gasteiger partial charge in [0.2, 0.25) is 0 Å². The van der Waals surface area contributed by atoms with Gasteiger partial charge in [0.15, 0.2) is 0 Å². The average Bonchev–Trinajstić information content (AvgIpc) is 2.29. The van der Waals surface area contributed by atoms with Crippen molar-refractivity contribution in [3.05, 3.63) is 59.2 Å². The fourth-order valence-corrected chi connectivity index (χ4v) is 1.93. The predicted molar refractivity (Wildman–Crippen MR) is 68.5 cm³/mol. The van der Waals surface area contributed by atoms with Crippen LogP contribution in [0.5, 0.6) is 11.5 Å². The molecule has 0 amide bonds. The summed E-state index contributed by atoms with van der Waals surface area (Å²) in [6, 6.07) is 13.0. The van der Waals surface area contributed by atoms with Gasteiger partial charge in [-0.2, -0.15) is 0 Å². The molecule has 0 fully saturated rings. The first-order valence-corrected chi connectivity index (χ1v) is 5.66. The summed E-state index contributed by atoms with van der Waals surface area (Å²) >= 11 is 0. The second-order valence-corrected chi connectivity index (χ2v) is 4.38. The molecule has 0 saturated carbocycles. The number of aromatic hydroxyl groups is 2. The minimum atomic E-state index is 0.0855. The molecule has 0 aliphatic carbocycles. The maximum atomic E-state index is 9.82. The zero-order valence-electron chi connectivity index (χ0n) is 10.0. The van der Waals surface area contributed by atoms with Gasteiger partial charge in [-0.05, 0) is 18.6 Å². The Balaban J connectivity index is 2.36. The molecule has 0 aliphatic heterocycles. The minimum absolute atomic E-state index is 0.0855. The average molecular weight is 228 g/mol. The van der Waals surface area contributed by atoms with Crippen LogP contribution < -0.4 is 0 Å².